The molecular formula is C10H10BrF3O. The maximum absolute atomic E-state index is 12.5. The molecule has 0 bridgehead atoms. The predicted molar refractivity (Wildman–Crippen MR) is 54.5 cm³/mol. The van der Waals surface area contributed by atoms with E-state index in [0.29, 0.717) is 0 Å². The Morgan fingerprint density at radius 2 is 1.80 bits per heavy atom. The van der Waals surface area contributed by atoms with E-state index >= 15 is 0 Å². The minimum absolute atomic E-state index is 0.180. The SMILES string of the molecule is Cc1ccc(C(C)(O)C(F)(F)F)c(Br)c1. The molecule has 0 aliphatic rings. The topological polar surface area (TPSA) is 20.2 Å². The fourth-order valence-electron chi connectivity index (χ4n) is 1.17. The molecular weight excluding hydrogens is 273 g/mol. The van der Waals surface area contributed by atoms with Crippen LogP contribution in [0.2, 0.25) is 0 Å². The number of aliphatic hydroxyl groups is 1. The van der Waals surface area contributed by atoms with Crippen molar-refractivity contribution in [3.63, 3.8) is 0 Å². The molecule has 0 radical (unpaired) electrons. The fourth-order valence-corrected chi connectivity index (χ4v) is 2.05. The van der Waals surface area contributed by atoms with Crippen LogP contribution in [0.1, 0.15) is 18.1 Å². The maximum atomic E-state index is 12.5. The van der Waals surface area contributed by atoms with E-state index in [-0.39, 0.29) is 10.0 Å². The predicted octanol–water partition coefficient (Wildman–Crippen LogP) is 3.53. The largest absolute Gasteiger partial charge is 0.421 e. The van der Waals surface area contributed by atoms with Gasteiger partial charge in [0.2, 0.25) is 0 Å². The summed E-state index contributed by atoms with van der Waals surface area (Å²) < 4.78 is 37.8. The Balaban J connectivity index is 3.28. The van der Waals surface area contributed by atoms with Gasteiger partial charge in [0.25, 0.3) is 0 Å². The standard InChI is InChI=1S/C10H10BrF3O/c1-6-3-4-7(8(11)5-6)9(2,15)10(12,13)14/h3-5,15H,1-2H3. The molecule has 1 atom stereocenters. The van der Waals surface area contributed by atoms with E-state index in [4.69, 9.17) is 0 Å². The molecule has 0 aromatic heterocycles. The zero-order valence-corrected chi connectivity index (χ0v) is 9.78. The summed E-state index contributed by atoms with van der Waals surface area (Å²) in [5.74, 6) is 0. The Morgan fingerprint density at radius 3 is 2.20 bits per heavy atom. The van der Waals surface area contributed by atoms with Crippen molar-refractivity contribution in [2.45, 2.75) is 25.6 Å². The zero-order chi connectivity index (χ0) is 11.9. The summed E-state index contributed by atoms with van der Waals surface area (Å²) in [6.07, 6.45) is -4.69. The fraction of sp³-hybridized carbons (Fsp3) is 0.400. The van der Waals surface area contributed by atoms with Crippen molar-refractivity contribution in [1.82, 2.24) is 0 Å². The lowest BCUT2D eigenvalue weighted by molar-refractivity contribution is -0.259. The van der Waals surface area contributed by atoms with Crippen molar-refractivity contribution < 1.29 is 18.3 Å². The number of alkyl halides is 3. The Kier molecular flexibility index (Phi) is 3.16. The quantitative estimate of drug-likeness (QED) is 0.836. The van der Waals surface area contributed by atoms with Crippen LogP contribution >= 0.6 is 15.9 Å². The second-order valence-corrected chi connectivity index (χ2v) is 4.41. The lowest BCUT2D eigenvalue weighted by atomic mass is 9.95. The van der Waals surface area contributed by atoms with E-state index in [1.54, 1.807) is 6.92 Å². The first kappa shape index (κ1) is 12.5. The number of hydrogen-bond acceptors (Lipinski definition) is 1. The molecule has 0 aliphatic carbocycles. The molecule has 0 heterocycles. The van der Waals surface area contributed by atoms with Crippen molar-refractivity contribution in [2.75, 3.05) is 0 Å². The van der Waals surface area contributed by atoms with Gasteiger partial charge in [0.15, 0.2) is 5.60 Å². The van der Waals surface area contributed by atoms with Gasteiger partial charge in [-0.25, -0.2) is 0 Å². The van der Waals surface area contributed by atoms with Gasteiger partial charge in [-0.05, 0) is 25.5 Å². The Bertz CT molecular complexity index is 371. The van der Waals surface area contributed by atoms with Gasteiger partial charge in [0.05, 0.1) is 0 Å². The van der Waals surface area contributed by atoms with Gasteiger partial charge in [-0.2, -0.15) is 13.2 Å². The number of rotatable bonds is 1. The normalized spacial score (nSPS) is 16.2. The highest BCUT2D eigenvalue weighted by Crippen LogP contribution is 2.41. The molecule has 0 aliphatic heterocycles. The van der Waals surface area contributed by atoms with Crippen LogP contribution in [0.3, 0.4) is 0 Å². The first-order chi connectivity index (χ1) is 6.66. The molecule has 0 saturated heterocycles. The molecule has 0 fully saturated rings. The molecule has 1 aromatic rings. The molecule has 1 nitrogen and oxygen atoms in total. The highest BCUT2D eigenvalue weighted by atomic mass is 79.9. The third-order valence-electron chi connectivity index (χ3n) is 2.20. The second-order valence-electron chi connectivity index (χ2n) is 3.55. The van der Waals surface area contributed by atoms with Crippen LogP contribution in [0.15, 0.2) is 22.7 Å². The van der Waals surface area contributed by atoms with Crippen LogP contribution < -0.4 is 0 Å². The number of hydrogen-bond donors (Lipinski definition) is 1. The van der Waals surface area contributed by atoms with Crippen LogP contribution in [0.4, 0.5) is 13.2 Å². The molecule has 15 heavy (non-hydrogen) atoms. The van der Waals surface area contributed by atoms with Crippen molar-refractivity contribution in [3.05, 3.63) is 33.8 Å². The van der Waals surface area contributed by atoms with Crippen LogP contribution in [0, 0.1) is 6.92 Å². The van der Waals surface area contributed by atoms with Crippen LogP contribution in [0.25, 0.3) is 0 Å². The molecule has 0 spiro atoms. The van der Waals surface area contributed by atoms with Gasteiger partial charge in [0.1, 0.15) is 0 Å². The van der Waals surface area contributed by atoms with E-state index < -0.39 is 11.8 Å². The highest BCUT2D eigenvalue weighted by Gasteiger charge is 2.51. The van der Waals surface area contributed by atoms with E-state index in [9.17, 15) is 18.3 Å². The summed E-state index contributed by atoms with van der Waals surface area (Å²) in [5, 5.41) is 9.44. The molecule has 84 valence electrons. The van der Waals surface area contributed by atoms with Gasteiger partial charge < -0.3 is 5.11 Å². The number of halogens is 4. The van der Waals surface area contributed by atoms with E-state index in [1.165, 1.54) is 18.2 Å². The van der Waals surface area contributed by atoms with Gasteiger partial charge in [-0.3, -0.25) is 0 Å². The third-order valence-corrected chi connectivity index (χ3v) is 2.86. The lowest BCUT2D eigenvalue weighted by Gasteiger charge is -2.27. The van der Waals surface area contributed by atoms with E-state index in [2.05, 4.69) is 15.9 Å². The van der Waals surface area contributed by atoms with Crippen molar-refractivity contribution in [2.24, 2.45) is 0 Å². The summed E-state index contributed by atoms with van der Waals surface area (Å²) in [6, 6.07) is 4.34. The monoisotopic (exact) mass is 282 g/mol. The first-order valence-electron chi connectivity index (χ1n) is 4.22. The Labute approximate surface area is 94.0 Å². The van der Waals surface area contributed by atoms with Crippen LogP contribution in [0.5, 0.6) is 0 Å². The minimum Gasteiger partial charge on any atom is -0.376 e. The molecule has 1 aromatic carbocycles. The summed E-state index contributed by atoms with van der Waals surface area (Å²) in [6.45, 7) is 2.50. The summed E-state index contributed by atoms with van der Waals surface area (Å²) in [5.41, 5.74) is -2.19. The maximum Gasteiger partial charge on any atom is 0.421 e. The van der Waals surface area contributed by atoms with E-state index in [1.807, 2.05) is 0 Å². The van der Waals surface area contributed by atoms with Gasteiger partial charge in [0, 0.05) is 10.0 Å². The zero-order valence-electron chi connectivity index (χ0n) is 8.19. The summed E-state index contributed by atoms with van der Waals surface area (Å²) in [4.78, 5) is 0. The molecule has 0 saturated carbocycles. The minimum atomic E-state index is -4.69. The number of benzene rings is 1. The molecule has 5 heteroatoms. The van der Waals surface area contributed by atoms with Crippen molar-refractivity contribution in [1.29, 1.82) is 0 Å². The molecule has 0 amide bonds. The smallest absolute Gasteiger partial charge is 0.376 e. The molecule has 1 rings (SSSR count). The van der Waals surface area contributed by atoms with Crippen LogP contribution in [-0.4, -0.2) is 11.3 Å². The summed E-state index contributed by atoms with van der Waals surface area (Å²) >= 11 is 3.02. The number of aryl methyl sites for hydroxylation is 1. The van der Waals surface area contributed by atoms with Gasteiger partial charge >= 0.3 is 6.18 Å². The first-order valence-corrected chi connectivity index (χ1v) is 5.01. The van der Waals surface area contributed by atoms with Crippen molar-refractivity contribution in [3.8, 4) is 0 Å². The van der Waals surface area contributed by atoms with Crippen LogP contribution in [-0.2, 0) is 5.60 Å². The lowest BCUT2D eigenvalue weighted by Crippen LogP contribution is -2.39. The Morgan fingerprint density at radius 1 is 1.27 bits per heavy atom. The average Bonchev–Trinajstić information content (AvgIpc) is 2.00. The van der Waals surface area contributed by atoms with Gasteiger partial charge in [-0.15, -0.1) is 0 Å². The Hall–Kier alpha value is -0.550. The van der Waals surface area contributed by atoms with E-state index in [0.717, 1.165) is 12.5 Å². The molecule has 1 N–H and O–H groups in total. The third kappa shape index (κ3) is 2.34. The average molecular weight is 283 g/mol. The van der Waals surface area contributed by atoms with Crippen molar-refractivity contribution >= 4 is 15.9 Å². The highest BCUT2D eigenvalue weighted by molar-refractivity contribution is 9.10. The second kappa shape index (κ2) is 3.79. The van der Waals surface area contributed by atoms with Gasteiger partial charge in [-0.1, -0.05) is 28.1 Å². The molecule has 1 unspecified atom stereocenters. The summed E-state index contributed by atoms with van der Waals surface area (Å²) in [7, 11) is 0.